The third-order valence-corrected chi connectivity index (χ3v) is 4.64. The van der Waals surface area contributed by atoms with Crippen LogP contribution < -0.4 is 0 Å². The lowest BCUT2D eigenvalue weighted by molar-refractivity contribution is 0.444. The van der Waals surface area contributed by atoms with Crippen molar-refractivity contribution >= 4 is 34.2 Å². The molecule has 1 aromatic carbocycles. The van der Waals surface area contributed by atoms with E-state index in [4.69, 9.17) is 23.2 Å². The molecule has 3 rings (SSSR count). The van der Waals surface area contributed by atoms with Crippen molar-refractivity contribution in [2.24, 2.45) is 0 Å². The van der Waals surface area contributed by atoms with E-state index in [1.165, 1.54) is 31.7 Å². The van der Waals surface area contributed by atoms with E-state index in [9.17, 15) is 4.39 Å². The lowest BCUT2D eigenvalue weighted by atomic mass is 10.1. The molecule has 1 saturated carbocycles. The van der Waals surface area contributed by atoms with Gasteiger partial charge in [-0.05, 0) is 18.9 Å². The molecular weight excluding hydrogens is 298 g/mol. The molecule has 5 heteroatoms. The molecule has 20 heavy (non-hydrogen) atoms. The number of fused-ring (bicyclic) bond motifs is 1. The molecule has 1 aliphatic carbocycles. The fraction of sp³-hybridized carbons (Fsp3) is 0.533. The Hall–Kier alpha value is -0.800. The van der Waals surface area contributed by atoms with E-state index < -0.39 is 5.82 Å². The largest absolute Gasteiger partial charge is 0.324 e. The molecule has 0 radical (unpaired) electrons. The number of imidazole rings is 1. The summed E-state index contributed by atoms with van der Waals surface area (Å²) in [5.74, 6) is 0.728. The molecule has 108 valence electrons. The molecule has 2 aromatic rings. The Morgan fingerprint density at radius 2 is 1.90 bits per heavy atom. The quantitative estimate of drug-likeness (QED) is 0.531. The molecule has 0 amide bonds. The average molecular weight is 315 g/mol. The van der Waals surface area contributed by atoms with Crippen molar-refractivity contribution in [2.75, 3.05) is 0 Å². The summed E-state index contributed by atoms with van der Waals surface area (Å²) in [6.07, 6.45) is 7.28. The van der Waals surface area contributed by atoms with Crippen LogP contribution in [0.2, 0.25) is 5.02 Å². The van der Waals surface area contributed by atoms with Gasteiger partial charge in [-0.2, -0.15) is 0 Å². The van der Waals surface area contributed by atoms with Crippen molar-refractivity contribution in [1.82, 2.24) is 9.55 Å². The lowest BCUT2D eigenvalue weighted by Crippen LogP contribution is -2.11. The maximum Gasteiger partial charge on any atom is 0.144 e. The standard InChI is InChI=1S/C15H17Cl2FN2/c16-9-15-19-13-8-12(18)11(17)7-14(13)20(15)10-5-3-1-2-4-6-10/h7-8,10H,1-6,9H2. The normalized spacial score (nSPS) is 17.6. The molecule has 1 aromatic heterocycles. The summed E-state index contributed by atoms with van der Waals surface area (Å²) in [5.41, 5.74) is 1.55. The van der Waals surface area contributed by atoms with Gasteiger partial charge in [0.2, 0.25) is 0 Å². The topological polar surface area (TPSA) is 17.8 Å². The SMILES string of the molecule is Fc1cc2nc(CCl)n(C3CCCCCC3)c2cc1Cl. The number of nitrogens with zero attached hydrogens (tertiary/aromatic N) is 2. The smallest absolute Gasteiger partial charge is 0.144 e. The molecule has 2 nitrogen and oxygen atoms in total. The van der Waals surface area contributed by atoms with E-state index in [0.717, 1.165) is 24.2 Å². The Labute approximate surface area is 127 Å². The minimum absolute atomic E-state index is 0.147. The van der Waals surface area contributed by atoms with Crippen LogP contribution in [-0.4, -0.2) is 9.55 Å². The van der Waals surface area contributed by atoms with Gasteiger partial charge in [0.25, 0.3) is 0 Å². The molecule has 0 unspecified atom stereocenters. The summed E-state index contributed by atoms with van der Waals surface area (Å²) < 4.78 is 15.8. The Balaban J connectivity index is 2.13. The van der Waals surface area contributed by atoms with Crippen LogP contribution in [-0.2, 0) is 5.88 Å². The van der Waals surface area contributed by atoms with Gasteiger partial charge in [0, 0.05) is 12.1 Å². The summed E-state index contributed by atoms with van der Waals surface area (Å²) >= 11 is 12.0. The second-order valence-corrected chi connectivity index (χ2v) is 6.11. The highest BCUT2D eigenvalue weighted by atomic mass is 35.5. The molecule has 0 atom stereocenters. The highest BCUT2D eigenvalue weighted by molar-refractivity contribution is 6.31. The zero-order valence-electron chi connectivity index (χ0n) is 11.2. The molecule has 0 spiro atoms. The maximum absolute atomic E-state index is 13.6. The number of hydrogen-bond acceptors (Lipinski definition) is 1. The Morgan fingerprint density at radius 3 is 2.55 bits per heavy atom. The van der Waals surface area contributed by atoms with Gasteiger partial charge in [0.15, 0.2) is 0 Å². The van der Waals surface area contributed by atoms with Gasteiger partial charge in [-0.1, -0.05) is 37.3 Å². The Morgan fingerprint density at radius 1 is 1.20 bits per heavy atom. The highest BCUT2D eigenvalue weighted by Crippen LogP contribution is 2.33. The molecule has 0 bridgehead atoms. The van der Waals surface area contributed by atoms with Crippen LogP contribution in [0.3, 0.4) is 0 Å². The predicted molar refractivity (Wildman–Crippen MR) is 81.0 cm³/mol. The molecule has 0 aliphatic heterocycles. The van der Waals surface area contributed by atoms with Crippen molar-refractivity contribution in [3.05, 3.63) is 28.8 Å². The summed E-state index contributed by atoms with van der Waals surface area (Å²) in [6, 6.07) is 3.49. The van der Waals surface area contributed by atoms with Crippen LogP contribution in [0.4, 0.5) is 4.39 Å². The number of benzene rings is 1. The van der Waals surface area contributed by atoms with Crippen molar-refractivity contribution in [3.63, 3.8) is 0 Å². The molecule has 1 heterocycles. The number of halogens is 3. The third-order valence-electron chi connectivity index (χ3n) is 4.11. The van der Waals surface area contributed by atoms with Crippen LogP contribution in [0, 0.1) is 5.82 Å². The van der Waals surface area contributed by atoms with Crippen LogP contribution >= 0.6 is 23.2 Å². The van der Waals surface area contributed by atoms with Gasteiger partial charge in [-0.3, -0.25) is 0 Å². The van der Waals surface area contributed by atoms with Gasteiger partial charge in [-0.15, -0.1) is 11.6 Å². The molecule has 0 N–H and O–H groups in total. The summed E-state index contributed by atoms with van der Waals surface area (Å²) in [6.45, 7) is 0. The number of hydrogen-bond donors (Lipinski definition) is 0. The fourth-order valence-corrected chi connectivity index (χ4v) is 3.50. The number of aromatic nitrogens is 2. The predicted octanol–water partition coefficient (Wildman–Crippen LogP) is 5.46. The third kappa shape index (κ3) is 2.53. The van der Waals surface area contributed by atoms with Crippen molar-refractivity contribution in [2.45, 2.75) is 50.4 Å². The van der Waals surface area contributed by atoms with E-state index in [0.29, 0.717) is 17.4 Å². The second-order valence-electron chi connectivity index (χ2n) is 5.43. The Bertz CT molecular complexity index is 616. The molecule has 1 aliphatic rings. The lowest BCUT2D eigenvalue weighted by Gasteiger charge is -2.19. The van der Waals surface area contributed by atoms with Gasteiger partial charge in [0.05, 0.1) is 21.9 Å². The average Bonchev–Trinajstić information content (AvgIpc) is 2.63. The molecule has 1 fully saturated rings. The van der Waals surface area contributed by atoms with E-state index in [1.54, 1.807) is 6.07 Å². The summed E-state index contributed by atoms with van der Waals surface area (Å²) in [4.78, 5) is 4.47. The van der Waals surface area contributed by atoms with Crippen molar-refractivity contribution in [1.29, 1.82) is 0 Å². The van der Waals surface area contributed by atoms with Crippen LogP contribution in [0.1, 0.15) is 50.4 Å². The first-order valence-corrected chi connectivity index (χ1v) is 8.04. The van der Waals surface area contributed by atoms with Crippen molar-refractivity contribution < 1.29 is 4.39 Å². The summed E-state index contributed by atoms with van der Waals surface area (Å²) in [5, 5.41) is 0.147. The first-order chi connectivity index (χ1) is 9.70. The zero-order chi connectivity index (χ0) is 14.1. The highest BCUT2D eigenvalue weighted by Gasteiger charge is 2.21. The van der Waals surface area contributed by atoms with Crippen LogP contribution in [0.5, 0.6) is 0 Å². The van der Waals surface area contributed by atoms with E-state index in [2.05, 4.69) is 9.55 Å². The van der Waals surface area contributed by atoms with Crippen molar-refractivity contribution in [3.8, 4) is 0 Å². The van der Waals surface area contributed by atoms with Gasteiger partial charge >= 0.3 is 0 Å². The Kier molecular flexibility index (Phi) is 4.18. The second kappa shape index (κ2) is 5.90. The number of rotatable bonds is 2. The minimum Gasteiger partial charge on any atom is -0.324 e. The van der Waals surface area contributed by atoms with E-state index in [1.807, 2.05) is 0 Å². The van der Waals surface area contributed by atoms with Gasteiger partial charge in [0.1, 0.15) is 11.6 Å². The minimum atomic E-state index is -0.425. The first kappa shape index (κ1) is 14.2. The number of alkyl halides is 1. The van der Waals surface area contributed by atoms with Gasteiger partial charge < -0.3 is 4.57 Å². The molecular formula is C15H17Cl2FN2. The monoisotopic (exact) mass is 314 g/mol. The van der Waals surface area contributed by atoms with Crippen LogP contribution in [0.15, 0.2) is 12.1 Å². The van der Waals surface area contributed by atoms with E-state index >= 15 is 0 Å². The maximum atomic E-state index is 13.6. The van der Waals surface area contributed by atoms with E-state index in [-0.39, 0.29) is 5.02 Å². The summed E-state index contributed by atoms with van der Waals surface area (Å²) in [7, 11) is 0. The fourth-order valence-electron chi connectivity index (χ4n) is 3.16. The van der Waals surface area contributed by atoms with Gasteiger partial charge in [-0.25, -0.2) is 9.37 Å². The zero-order valence-corrected chi connectivity index (χ0v) is 12.7. The first-order valence-electron chi connectivity index (χ1n) is 7.12. The molecule has 0 saturated heterocycles. The van der Waals surface area contributed by atoms with Crippen LogP contribution in [0.25, 0.3) is 11.0 Å².